The first-order valence-electron chi connectivity index (χ1n) is 6.49. The zero-order valence-electron chi connectivity index (χ0n) is 12.0. The number of nitrogens with zero attached hydrogens (tertiary/aromatic N) is 1. The van der Waals surface area contributed by atoms with Gasteiger partial charge in [0.25, 0.3) is 0 Å². The number of hydrogen-bond acceptors (Lipinski definition) is 6. The van der Waals surface area contributed by atoms with Crippen LogP contribution in [-0.4, -0.2) is 50.1 Å². The third kappa shape index (κ3) is 3.30. The number of thioether (sulfide) groups is 1. The highest BCUT2D eigenvalue weighted by atomic mass is 32.2. The van der Waals surface area contributed by atoms with Crippen LogP contribution in [0.4, 0.5) is 5.69 Å². The maximum Gasteiger partial charge on any atom is 0.330 e. The predicted molar refractivity (Wildman–Crippen MR) is 88.1 cm³/mol. The Bertz CT molecular complexity index is 551. The Balaban J connectivity index is 2.48. The summed E-state index contributed by atoms with van der Waals surface area (Å²) in [5.74, 6) is -0.321. The van der Waals surface area contributed by atoms with Crippen molar-refractivity contribution in [3.63, 3.8) is 0 Å². The van der Waals surface area contributed by atoms with Gasteiger partial charge in [-0.05, 0) is 18.4 Å². The summed E-state index contributed by atoms with van der Waals surface area (Å²) in [7, 11) is 1.38. The van der Waals surface area contributed by atoms with Crippen LogP contribution in [0.25, 0.3) is 0 Å². The van der Waals surface area contributed by atoms with Crippen LogP contribution in [0.1, 0.15) is 5.56 Å². The maximum atomic E-state index is 12.0. The van der Waals surface area contributed by atoms with Crippen molar-refractivity contribution in [2.45, 2.75) is 10.9 Å². The zero-order valence-corrected chi connectivity index (χ0v) is 13.6. The van der Waals surface area contributed by atoms with Crippen molar-refractivity contribution in [1.29, 1.82) is 0 Å². The number of ether oxygens (including phenoxy) is 2. The Kier molecular flexibility index (Phi) is 5.44. The minimum atomic E-state index is -0.478. The number of thiocarbonyl (C=S) groups is 1. The quantitative estimate of drug-likeness (QED) is 0.510. The number of hydrogen-bond donors (Lipinski definition) is 1. The molecular formula is C14H18N2O3S2. The molecule has 5 nitrogen and oxygen atoms in total. The fraction of sp³-hybridized carbons (Fsp3) is 0.429. The van der Waals surface area contributed by atoms with Gasteiger partial charge in [-0.1, -0.05) is 18.3 Å². The third-order valence-corrected chi connectivity index (χ3v) is 4.37. The molecule has 7 heteroatoms. The van der Waals surface area contributed by atoms with Gasteiger partial charge in [-0.25, -0.2) is 4.79 Å². The van der Waals surface area contributed by atoms with E-state index >= 15 is 0 Å². The van der Waals surface area contributed by atoms with Gasteiger partial charge in [-0.2, -0.15) is 0 Å². The van der Waals surface area contributed by atoms with Crippen molar-refractivity contribution in [3.05, 3.63) is 23.8 Å². The molecule has 21 heavy (non-hydrogen) atoms. The molecule has 0 aromatic heterocycles. The average molecular weight is 326 g/mol. The Morgan fingerprint density at radius 2 is 2.33 bits per heavy atom. The largest absolute Gasteiger partial charge is 0.467 e. The highest BCUT2D eigenvalue weighted by molar-refractivity contribution is 7.98. The molecule has 1 aromatic carbocycles. The molecule has 1 aliphatic heterocycles. The van der Waals surface area contributed by atoms with Gasteiger partial charge in [-0.15, -0.1) is 11.8 Å². The monoisotopic (exact) mass is 326 g/mol. The van der Waals surface area contributed by atoms with Gasteiger partial charge in [0, 0.05) is 22.7 Å². The van der Waals surface area contributed by atoms with Gasteiger partial charge in [-0.3, -0.25) is 0 Å². The lowest BCUT2D eigenvalue weighted by Gasteiger charge is -2.36. The normalized spacial score (nSPS) is 18.4. The third-order valence-electron chi connectivity index (χ3n) is 3.38. The van der Waals surface area contributed by atoms with Gasteiger partial charge >= 0.3 is 5.97 Å². The minimum Gasteiger partial charge on any atom is -0.467 e. The van der Waals surface area contributed by atoms with Gasteiger partial charge in [0.1, 0.15) is 4.99 Å². The maximum absolute atomic E-state index is 12.0. The second-order valence-corrected chi connectivity index (χ2v) is 5.81. The molecule has 0 amide bonds. The number of morpholine rings is 1. The minimum absolute atomic E-state index is 0.299. The van der Waals surface area contributed by atoms with Crippen molar-refractivity contribution in [2.75, 3.05) is 38.0 Å². The van der Waals surface area contributed by atoms with Crippen molar-refractivity contribution in [3.8, 4) is 0 Å². The summed E-state index contributed by atoms with van der Waals surface area (Å²) >= 11 is 6.77. The fourth-order valence-electron chi connectivity index (χ4n) is 2.40. The summed E-state index contributed by atoms with van der Waals surface area (Å²) in [5, 5.41) is 0. The van der Waals surface area contributed by atoms with Crippen molar-refractivity contribution in [1.82, 2.24) is 0 Å². The van der Waals surface area contributed by atoms with E-state index in [2.05, 4.69) is 0 Å². The molecule has 1 aromatic rings. The molecule has 0 spiro atoms. The van der Waals surface area contributed by atoms with Crippen molar-refractivity contribution >= 4 is 40.6 Å². The first-order chi connectivity index (χ1) is 10.1. The highest BCUT2D eigenvalue weighted by Crippen LogP contribution is 2.31. The first-order valence-corrected chi connectivity index (χ1v) is 8.12. The van der Waals surface area contributed by atoms with Crippen LogP contribution in [0.15, 0.2) is 23.1 Å². The summed E-state index contributed by atoms with van der Waals surface area (Å²) in [6, 6.07) is 5.35. The van der Waals surface area contributed by atoms with Crippen molar-refractivity contribution in [2.24, 2.45) is 5.73 Å². The van der Waals surface area contributed by atoms with Crippen LogP contribution < -0.4 is 10.6 Å². The van der Waals surface area contributed by atoms with E-state index in [4.69, 9.17) is 27.4 Å². The van der Waals surface area contributed by atoms with E-state index in [1.54, 1.807) is 11.8 Å². The lowest BCUT2D eigenvalue weighted by molar-refractivity contribution is -0.144. The molecule has 2 rings (SSSR count). The second kappa shape index (κ2) is 7.11. The zero-order chi connectivity index (χ0) is 15.4. The van der Waals surface area contributed by atoms with Crippen LogP contribution in [0, 0.1) is 0 Å². The number of esters is 1. The predicted octanol–water partition coefficient (Wildman–Crippen LogP) is 1.42. The Morgan fingerprint density at radius 1 is 1.57 bits per heavy atom. The molecule has 0 radical (unpaired) electrons. The Hall–Kier alpha value is -1.31. The molecule has 0 saturated carbocycles. The van der Waals surface area contributed by atoms with E-state index in [1.165, 1.54) is 7.11 Å². The van der Waals surface area contributed by atoms with E-state index in [1.807, 2.05) is 29.4 Å². The first kappa shape index (κ1) is 16.1. The molecular weight excluding hydrogens is 308 g/mol. The molecule has 0 bridgehead atoms. The van der Waals surface area contributed by atoms with Gasteiger partial charge in [0.15, 0.2) is 6.04 Å². The summed E-state index contributed by atoms with van der Waals surface area (Å²) in [6.07, 6.45) is 1.97. The van der Waals surface area contributed by atoms with Gasteiger partial charge < -0.3 is 20.1 Å². The van der Waals surface area contributed by atoms with Crippen LogP contribution in [0.2, 0.25) is 0 Å². The number of rotatable bonds is 4. The van der Waals surface area contributed by atoms with Crippen LogP contribution in [0.3, 0.4) is 0 Å². The molecule has 1 atom stereocenters. The molecule has 1 heterocycles. The molecule has 1 aliphatic rings. The summed E-state index contributed by atoms with van der Waals surface area (Å²) in [5.41, 5.74) is 7.55. The van der Waals surface area contributed by atoms with E-state index in [-0.39, 0.29) is 5.97 Å². The standard InChI is InChI=1S/C14H18N2O3S2/c1-18-14(17)10-8-19-7-6-16(10)9-4-3-5-11(21-2)12(9)13(15)20/h3-5,10H,6-8H2,1-2H3,(H2,15,20). The lowest BCUT2D eigenvalue weighted by Crippen LogP contribution is -2.51. The number of carbonyl (C=O) groups excluding carboxylic acids is 1. The summed E-state index contributed by atoms with van der Waals surface area (Å²) < 4.78 is 10.3. The SMILES string of the molecule is COC(=O)C1COCCN1c1cccc(SC)c1C(N)=S. The van der Waals surface area contributed by atoms with Crippen LogP contribution in [0.5, 0.6) is 0 Å². The summed E-state index contributed by atoms with van der Waals surface area (Å²) in [4.78, 5) is 15.3. The molecule has 1 saturated heterocycles. The number of benzene rings is 1. The fourth-order valence-corrected chi connectivity index (χ4v) is 3.31. The number of methoxy groups -OCH3 is 1. The Morgan fingerprint density at radius 3 is 2.95 bits per heavy atom. The van der Waals surface area contributed by atoms with E-state index < -0.39 is 6.04 Å². The molecule has 2 N–H and O–H groups in total. The summed E-state index contributed by atoms with van der Waals surface area (Å²) in [6.45, 7) is 1.44. The lowest BCUT2D eigenvalue weighted by atomic mass is 10.1. The highest BCUT2D eigenvalue weighted by Gasteiger charge is 2.32. The molecule has 114 valence electrons. The molecule has 0 aliphatic carbocycles. The number of anilines is 1. The number of carbonyl (C=O) groups is 1. The van der Waals surface area contributed by atoms with Gasteiger partial charge in [0.2, 0.25) is 0 Å². The second-order valence-electron chi connectivity index (χ2n) is 4.53. The Labute approximate surface area is 133 Å². The molecule has 1 unspecified atom stereocenters. The van der Waals surface area contributed by atoms with Crippen LogP contribution in [-0.2, 0) is 14.3 Å². The van der Waals surface area contributed by atoms with E-state index in [9.17, 15) is 4.79 Å². The van der Waals surface area contributed by atoms with Crippen LogP contribution >= 0.6 is 24.0 Å². The number of nitrogens with two attached hydrogens (primary N) is 1. The average Bonchev–Trinajstić information content (AvgIpc) is 2.53. The van der Waals surface area contributed by atoms with E-state index in [0.717, 1.165) is 16.1 Å². The smallest absolute Gasteiger partial charge is 0.330 e. The topological polar surface area (TPSA) is 64.8 Å². The van der Waals surface area contributed by atoms with E-state index in [0.29, 0.717) is 24.7 Å². The van der Waals surface area contributed by atoms with Crippen molar-refractivity contribution < 1.29 is 14.3 Å². The molecule has 1 fully saturated rings. The van der Waals surface area contributed by atoms with Gasteiger partial charge in [0.05, 0.1) is 20.3 Å².